The monoisotopic (exact) mass is 379 g/mol. The van der Waals surface area contributed by atoms with Crippen molar-refractivity contribution < 1.29 is 14.5 Å². The minimum atomic E-state index is -0.517. The van der Waals surface area contributed by atoms with E-state index < -0.39 is 4.92 Å². The van der Waals surface area contributed by atoms with Gasteiger partial charge < -0.3 is 10.2 Å². The molecule has 28 heavy (non-hydrogen) atoms. The third-order valence-electron chi connectivity index (χ3n) is 4.67. The summed E-state index contributed by atoms with van der Waals surface area (Å²) < 4.78 is 0. The molecule has 0 fully saturated rings. The number of hydrogen-bond acceptors (Lipinski definition) is 4. The molecule has 1 N–H and O–H groups in total. The normalized spacial score (nSPS) is 13.6. The van der Waals surface area contributed by atoms with Crippen LogP contribution >= 0.6 is 0 Å². The van der Waals surface area contributed by atoms with Gasteiger partial charge in [0.05, 0.1) is 4.92 Å². The van der Waals surface area contributed by atoms with Crippen LogP contribution in [-0.2, 0) is 4.79 Å². The van der Waals surface area contributed by atoms with Gasteiger partial charge in [0.15, 0.2) is 0 Å². The Morgan fingerprint density at radius 2 is 1.79 bits per heavy atom. The second kappa shape index (κ2) is 8.94. The first-order valence-electron chi connectivity index (χ1n) is 9.09. The number of nitrogens with one attached hydrogen (secondary N) is 1. The Morgan fingerprint density at radius 1 is 1.07 bits per heavy atom. The van der Waals surface area contributed by atoms with Gasteiger partial charge in [0, 0.05) is 43.8 Å². The zero-order valence-corrected chi connectivity index (χ0v) is 15.3. The molecule has 0 unspecified atom stereocenters. The highest BCUT2D eigenvalue weighted by atomic mass is 16.6. The molecule has 0 atom stereocenters. The Bertz CT molecular complexity index is 892. The number of non-ortho nitro benzene ring substituents is 1. The van der Waals surface area contributed by atoms with Gasteiger partial charge in [-0.05, 0) is 29.7 Å². The van der Waals surface area contributed by atoms with Crippen LogP contribution in [0.2, 0.25) is 0 Å². The maximum atomic E-state index is 12.3. The molecule has 1 aliphatic rings. The largest absolute Gasteiger partial charge is 0.352 e. The summed E-state index contributed by atoms with van der Waals surface area (Å²) in [5, 5.41) is 13.3. The zero-order chi connectivity index (χ0) is 19.9. The summed E-state index contributed by atoms with van der Waals surface area (Å²) in [6.07, 6.45) is 3.10. The van der Waals surface area contributed by atoms with Crippen LogP contribution in [0.15, 0.2) is 60.7 Å². The van der Waals surface area contributed by atoms with Crippen LogP contribution in [0.3, 0.4) is 0 Å². The maximum absolute atomic E-state index is 12.3. The van der Waals surface area contributed by atoms with Gasteiger partial charge in [-0.1, -0.05) is 36.4 Å². The lowest BCUT2D eigenvalue weighted by molar-refractivity contribution is -0.384. The molecular weight excluding hydrogens is 358 g/mol. The van der Waals surface area contributed by atoms with E-state index in [1.165, 1.54) is 35.4 Å². The number of nitrogens with zero attached hydrogens (tertiary/aromatic N) is 2. The van der Waals surface area contributed by atoms with Crippen LogP contribution < -0.4 is 5.32 Å². The summed E-state index contributed by atoms with van der Waals surface area (Å²) in [6.45, 7) is 1.45. The molecule has 0 aromatic heterocycles. The number of amides is 2. The molecule has 0 aliphatic carbocycles. The van der Waals surface area contributed by atoms with Gasteiger partial charge in [-0.3, -0.25) is 19.7 Å². The first-order chi connectivity index (χ1) is 13.5. The first-order valence-corrected chi connectivity index (χ1v) is 9.09. The molecule has 1 heterocycles. The third-order valence-corrected chi connectivity index (χ3v) is 4.67. The molecule has 0 radical (unpaired) electrons. The van der Waals surface area contributed by atoms with Crippen molar-refractivity contribution in [3.05, 3.63) is 81.9 Å². The summed E-state index contributed by atoms with van der Waals surface area (Å²) >= 11 is 0. The maximum Gasteiger partial charge on any atom is 0.269 e. The van der Waals surface area contributed by atoms with Gasteiger partial charge in [-0.25, -0.2) is 0 Å². The molecule has 0 spiro atoms. The number of nitro groups is 1. The Balaban J connectivity index is 1.45. The third kappa shape index (κ3) is 4.82. The van der Waals surface area contributed by atoms with Crippen LogP contribution in [0.25, 0.3) is 5.57 Å². The molecule has 3 rings (SSSR count). The van der Waals surface area contributed by atoms with Crippen molar-refractivity contribution in [3.63, 3.8) is 0 Å². The molecule has 7 nitrogen and oxygen atoms in total. The van der Waals surface area contributed by atoms with Crippen molar-refractivity contribution in [2.75, 3.05) is 19.6 Å². The van der Waals surface area contributed by atoms with Crippen molar-refractivity contribution >= 4 is 23.1 Å². The number of carbonyl (C=O) groups excluding carboxylic acids is 2. The van der Waals surface area contributed by atoms with E-state index in [9.17, 15) is 19.7 Å². The second-order valence-electron chi connectivity index (χ2n) is 6.50. The van der Waals surface area contributed by atoms with E-state index in [1.807, 2.05) is 18.2 Å². The Hall–Kier alpha value is -3.48. The van der Waals surface area contributed by atoms with E-state index in [2.05, 4.69) is 23.5 Å². The van der Waals surface area contributed by atoms with Crippen molar-refractivity contribution in [2.24, 2.45) is 0 Å². The predicted octanol–water partition coefficient (Wildman–Crippen LogP) is 3.03. The molecule has 7 heteroatoms. The number of rotatable bonds is 6. The SMILES string of the molecule is O=C(NCCC(=O)N1CC=C(c2ccccc2)CC1)c1ccc([N+](=O)[O-])cc1. The van der Waals surface area contributed by atoms with Crippen molar-refractivity contribution in [2.45, 2.75) is 12.8 Å². The summed E-state index contributed by atoms with van der Waals surface area (Å²) in [5.74, 6) is -0.361. The number of benzene rings is 2. The Labute approximate surface area is 162 Å². The topological polar surface area (TPSA) is 92.6 Å². The lowest BCUT2D eigenvalue weighted by Gasteiger charge is -2.26. The highest BCUT2D eigenvalue weighted by molar-refractivity contribution is 5.94. The summed E-state index contributed by atoms with van der Waals surface area (Å²) in [6, 6.07) is 15.5. The zero-order valence-electron chi connectivity index (χ0n) is 15.3. The van der Waals surface area contributed by atoms with Crippen molar-refractivity contribution in [1.82, 2.24) is 10.2 Å². The number of carbonyl (C=O) groups is 2. The van der Waals surface area contributed by atoms with Gasteiger partial charge in [0.1, 0.15) is 0 Å². The first kappa shape index (κ1) is 19.3. The van der Waals surface area contributed by atoms with Gasteiger partial charge in [-0.2, -0.15) is 0 Å². The molecule has 2 amide bonds. The fraction of sp³-hybridized carbons (Fsp3) is 0.238. The minimum Gasteiger partial charge on any atom is -0.352 e. The number of nitro benzene ring substituents is 1. The van der Waals surface area contributed by atoms with Gasteiger partial charge >= 0.3 is 0 Å². The highest BCUT2D eigenvalue weighted by Crippen LogP contribution is 2.22. The fourth-order valence-electron chi connectivity index (χ4n) is 3.09. The standard InChI is InChI=1S/C21H21N3O4/c25-20(23-14-11-17(12-15-23)16-4-2-1-3-5-16)10-13-22-21(26)18-6-8-19(9-7-18)24(27)28/h1-9,11H,10,12-15H2,(H,22,26). The van der Waals surface area contributed by atoms with Crippen LogP contribution in [-0.4, -0.2) is 41.3 Å². The molecule has 0 saturated heterocycles. The van der Waals surface area contributed by atoms with E-state index in [0.717, 1.165) is 6.42 Å². The molecular formula is C21H21N3O4. The lowest BCUT2D eigenvalue weighted by atomic mass is 9.99. The van der Waals surface area contributed by atoms with Crippen LogP contribution in [0, 0.1) is 10.1 Å². The van der Waals surface area contributed by atoms with E-state index in [4.69, 9.17) is 0 Å². The Kier molecular flexibility index (Phi) is 6.16. The molecule has 0 bridgehead atoms. The van der Waals surface area contributed by atoms with E-state index in [-0.39, 0.29) is 30.5 Å². The van der Waals surface area contributed by atoms with Crippen molar-refractivity contribution in [3.8, 4) is 0 Å². The van der Waals surface area contributed by atoms with Gasteiger partial charge in [0.25, 0.3) is 11.6 Å². The molecule has 144 valence electrons. The predicted molar refractivity (Wildman–Crippen MR) is 106 cm³/mol. The smallest absolute Gasteiger partial charge is 0.269 e. The van der Waals surface area contributed by atoms with Gasteiger partial charge in [0.2, 0.25) is 5.91 Å². The highest BCUT2D eigenvalue weighted by Gasteiger charge is 2.18. The van der Waals surface area contributed by atoms with Crippen LogP contribution in [0.1, 0.15) is 28.8 Å². The van der Waals surface area contributed by atoms with Crippen LogP contribution in [0.5, 0.6) is 0 Å². The van der Waals surface area contributed by atoms with Crippen LogP contribution in [0.4, 0.5) is 5.69 Å². The summed E-state index contributed by atoms with van der Waals surface area (Å²) in [5.41, 5.74) is 2.69. The second-order valence-corrected chi connectivity index (χ2v) is 6.50. The molecule has 2 aromatic carbocycles. The fourth-order valence-corrected chi connectivity index (χ4v) is 3.09. The minimum absolute atomic E-state index is 0.00707. The molecule has 1 aliphatic heterocycles. The van der Waals surface area contributed by atoms with Crippen molar-refractivity contribution in [1.29, 1.82) is 0 Å². The summed E-state index contributed by atoms with van der Waals surface area (Å²) in [4.78, 5) is 36.3. The number of hydrogen-bond donors (Lipinski definition) is 1. The van der Waals surface area contributed by atoms with E-state index in [1.54, 1.807) is 4.90 Å². The average Bonchev–Trinajstić information content (AvgIpc) is 2.74. The van der Waals surface area contributed by atoms with Gasteiger partial charge in [-0.15, -0.1) is 0 Å². The lowest BCUT2D eigenvalue weighted by Crippen LogP contribution is -2.37. The van der Waals surface area contributed by atoms with E-state index in [0.29, 0.717) is 18.7 Å². The average molecular weight is 379 g/mol. The summed E-state index contributed by atoms with van der Waals surface area (Å²) in [7, 11) is 0. The Morgan fingerprint density at radius 3 is 2.39 bits per heavy atom. The van der Waals surface area contributed by atoms with E-state index >= 15 is 0 Å². The molecule has 0 saturated carbocycles. The molecule has 2 aromatic rings. The quantitative estimate of drug-likeness (QED) is 0.617.